The Morgan fingerprint density at radius 2 is 1.40 bits per heavy atom. The summed E-state index contributed by atoms with van der Waals surface area (Å²) in [7, 11) is 5.79. The average Bonchev–Trinajstić information content (AvgIpc) is 1.89. The molecule has 61 valence electrons. The first-order chi connectivity index (χ1) is 4.41. The summed E-state index contributed by atoms with van der Waals surface area (Å²) in [6.45, 7) is 0. The molecule has 0 aliphatic heterocycles. The van der Waals surface area contributed by atoms with Gasteiger partial charge in [0.25, 0.3) is 0 Å². The second kappa shape index (κ2) is 12.9. The predicted molar refractivity (Wildman–Crippen MR) is 54.5 cm³/mol. The summed E-state index contributed by atoms with van der Waals surface area (Å²) in [5.41, 5.74) is 0. The number of allylic oxidation sites excluding steroid dienone is 2. The van der Waals surface area contributed by atoms with Gasteiger partial charge in [-0.3, -0.25) is 0 Å². The molecule has 0 rings (SSSR count). The molecule has 0 saturated carbocycles. The molecule has 0 N–H and O–H groups in total. The Hall–Kier alpha value is 1.25. The quantitative estimate of drug-likeness (QED) is 0.404. The van der Waals surface area contributed by atoms with Crippen molar-refractivity contribution >= 4 is 28.0 Å². The number of hydrogen-bond donors (Lipinski definition) is 0. The van der Waals surface area contributed by atoms with Crippen molar-refractivity contribution in [1.82, 2.24) is 0 Å². The molecule has 0 saturated heterocycles. The van der Waals surface area contributed by atoms with Crippen molar-refractivity contribution in [3.63, 3.8) is 0 Å². The zero-order valence-electron chi connectivity index (χ0n) is 5.77. The smallest absolute Gasteiger partial charge is 0.0363 e. The van der Waals surface area contributed by atoms with Crippen LogP contribution in [0.15, 0.2) is 23.8 Å². The Morgan fingerprint density at radius 1 is 1.00 bits per heavy atom. The van der Waals surface area contributed by atoms with Crippen LogP contribution in [0.3, 0.4) is 0 Å². The molecule has 4 heteroatoms. The Labute approximate surface area is 84.8 Å². The normalized spacial score (nSPS) is 10.6. The molecule has 0 amide bonds. The van der Waals surface area contributed by atoms with Crippen LogP contribution < -0.4 is 0 Å². The summed E-state index contributed by atoms with van der Waals surface area (Å²) in [6, 6.07) is 2.55. The summed E-state index contributed by atoms with van der Waals surface area (Å²) in [6.07, 6.45) is 4.41. The van der Waals surface area contributed by atoms with Gasteiger partial charge in [0, 0.05) is 30.6 Å². The van der Waals surface area contributed by atoms with E-state index in [2.05, 4.69) is 30.6 Å². The van der Waals surface area contributed by atoms with Crippen LogP contribution in [0.1, 0.15) is 0 Å². The minimum absolute atomic E-state index is 0. The summed E-state index contributed by atoms with van der Waals surface area (Å²) in [5.74, 6) is 4.08. The minimum atomic E-state index is 0. The molecule has 0 nitrogen and oxygen atoms in total. The molecule has 2 atom stereocenters. The fourth-order valence-electron chi connectivity index (χ4n) is 0.446. The summed E-state index contributed by atoms with van der Waals surface area (Å²) < 4.78 is 0. The Balaban J connectivity index is 0. The molecule has 0 aliphatic carbocycles. The molecule has 0 aromatic rings. The summed E-state index contributed by atoms with van der Waals surface area (Å²) in [5, 5.41) is 0. The fraction of sp³-hybridized carbons (Fsp3) is 0.333. The third kappa shape index (κ3) is 12.0. The van der Waals surface area contributed by atoms with Crippen LogP contribution in [0.5, 0.6) is 0 Å². The van der Waals surface area contributed by atoms with Crippen LogP contribution in [-0.4, -0.2) is 9.52 Å². The van der Waals surface area contributed by atoms with Crippen LogP contribution in [0.25, 0.3) is 0 Å². The summed E-state index contributed by atoms with van der Waals surface area (Å²) in [4.78, 5) is 0. The van der Waals surface area contributed by atoms with E-state index in [4.69, 9.17) is 0 Å². The van der Waals surface area contributed by atoms with E-state index >= 15 is 0 Å². The molecule has 0 spiro atoms. The SMILES string of the molecule is PC=CC[SiH]CC=CP.[Pt]. The summed E-state index contributed by atoms with van der Waals surface area (Å²) >= 11 is 0. The van der Waals surface area contributed by atoms with Crippen LogP contribution >= 0.6 is 18.5 Å². The first-order valence-electron chi connectivity index (χ1n) is 2.97. The zero-order chi connectivity index (χ0) is 6.95. The molecule has 0 aromatic carbocycles. The van der Waals surface area contributed by atoms with Gasteiger partial charge in [0.2, 0.25) is 0 Å². The van der Waals surface area contributed by atoms with E-state index in [1.54, 1.807) is 0 Å². The van der Waals surface area contributed by atoms with Crippen molar-refractivity contribution in [1.29, 1.82) is 0 Å². The minimum Gasteiger partial charge on any atom is -0.114 e. The maximum absolute atomic E-state index is 2.59. The first kappa shape index (κ1) is 13.8. The van der Waals surface area contributed by atoms with Crippen molar-refractivity contribution in [2.24, 2.45) is 0 Å². The zero-order valence-corrected chi connectivity index (χ0v) is 11.5. The third-order valence-electron chi connectivity index (χ3n) is 0.878. The van der Waals surface area contributed by atoms with E-state index in [9.17, 15) is 0 Å². The van der Waals surface area contributed by atoms with Crippen molar-refractivity contribution < 1.29 is 21.1 Å². The van der Waals surface area contributed by atoms with Crippen molar-refractivity contribution in [2.75, 3.05) is 0 Å². The fourth-order valence-corrected chi connectivity index (χ4v) is 2.28. The van der Waals surface area contributed by atoms with Gasteiger partial charge in [0.15, 0.2) is 0 Å². The second-order valence-electron chi connectivity index (χ2n) is 1.62. The van der Waals surface area contributed by atoms with Gasteiger partial charge in [0.1, 0.15) is 0 Å². The van der Waals surface area contributed by atoms with E-state index in [0.717, 1.165) is 0 Å². The first-order valence-corrected chi connectivity index (χ1v) is 5.93. The monoisotopic (exact) mass is 370 g/mol. The Bertz CT molecular complexity index is 91.9. The van der Waals surface area contributed by atoms with Crippen LogP contribution in [-0.2, 0) is 21.1 Å². The second-order valence-corrected chi connectivity index (χ2v) is 3.91. The predicted octanol–water partition coefficient (Wildman–Crippen LogP) is 2.03. The van der Waals surface area contributed by atoms with Crippen LogP contribution in [0.4, 0.5) is 0 Å². The molecule has 0 heterocycles. The van der Waals surface area contributed by atoms with Crippen molar-refractivity contribution in [3.8, 4) is 0 Å². The average molecular weight is 370 g/mol. The number of hydrogen-bond acceptors (Lipinski definition) is 0. The molecular formula is C6H13P2PtSi. The van der Waals surface area contributed by atoms with E-state index in [0.29, 0.717) is 9.52 Å². The van der Waals surface area contributed by atoms with Gasteiger partial charge in [-0.25, -0.2) is 0 Å². The molecule has 2 unspecified atom stereocenters. The molecule has 0 bridgehead atoms. The van der Waals surface area contributed by atoms with Gasteiger partial charge in [0.05, 0.1) is 0 Å². The van der Waals surface area contributed by atoms with E-state index in [1.165, 1.54) is 12.1 Å². The van der Waals surface area contributed by atoms with Crippen LogP contribution in [0, 0.1) is 0 Å². The standard InChI is InChI=1S/C6H13P2Si.Pt/c7-3-1-5-9-6-2-4-8;/h1-4,9H,5-8H2;. The van der Waals surface area contributed by atoms with E-state index in [-0.39, 0.29) is 21.1 Å². The van der Waals surface area contributed by atoms with E-state index < -0.39 is 0 Å². The van der Waals surface area contributed by atoms with Gasteiger partial charge in [-0.1, -0.05) is 23.8 Å². The molecule has 0 aliphatic rings. The number of rotatable bonds is 4. The van der Waals surface area contributed by atoms with Gasteiger partial charge < -0.3 is 0 Å². The Kier molecular flexibility index (Phi) is 17.8. The maximum atomic E-state index is 2.59. The van der Waals surface area contributed by atoms with Gasteiger partial charge >= 0.3 is 0 Å². The topological polar surface area (TPSA) is 0 Å². The van der Waals surface area contributed by atoms with Gasteiger partial charge in [-0.15, -0.1) is 18.5 Å². The largest absolute Gasteiger partial charge is 0.114 e. The molecule has 10 heavy (non-hydrogen) atoms. The van der Waals surface area contributed by atoms with Gasteiger partial charge in [-0.2, -0.15) is 0 Å². The van der Waals surface area contributed by atoms with E-state index in [1.807, 2.05) is 11.6 Å². The molecular weight excluding hydrogens is 357 g/mol. The molecule has 0 fully saturated rings. The van der Waals surface area contributed by atoms with Crippen LogP contribution in [0.2, 0.25) is 12.1 Å². The Morgan fingerprint density at radius 3 is 1.70 bits per heavy atom. The molecule has 0 aromatic heterocycles. The maximum Gasteiger partial charge on any atom is 0.0363 e. The third-order valence-corrected chi connectivity index (χ3v) is 2.63. The van der Waals surface area contributed by atoms with Crippen molar-refractivity contribution in [3.05, 3.63) is 23.8 Å². The van der Waals surface area contributed by atoms with Crippen molar-refractivity contribution in [2.45, 2.75) is 12.1 Å². The van der Waals surface area contributed by atoms with Gasteiger partial charge in [-0.05, 0) is 12.1 Å². The molecule has 1 radical (unpaired) electrons.